The van der Waals surface area contributed by atoms with Gasteiger partial charge in [0.15, 0.2) is 11.5 Å². The van der Waals surface area contributed by atoms with Crippen molar-refractivity contribution >= 4 is 23.9 Å². The molecule has 0 N–H and O–H groups in total. The lowest BCUT2D eigenvalue weighted by Gasteiger charge is -2.20. The Morgan fingerprint density at radius 3 is 2.76 bits per heavy atom. The number of ether oxygens (including phenoxy) is 3. The van der Waals surface area contributed by atoms with Crippen LogP contribution >= 0.6 is 0 Å². The van der Waals surface area contributed by atoms with E-state index in [-0.39, 0.29) is 30.2 Å². The van der Waals surface area contributed by atoms with Crippen LogP contribution in [0.3, 0.4) is 0 Å². The zero-order valence-electron chi connectivity index (χ0n) is 18.3. The lowest BCUT2D eigenvalue weighted by atomic mass is 10.1. The van der Waals surface area contributed by atoms with Gasteiger partial charge in [0.05, 0.1) is 0 Å². The molecule has 0 spiro atoms. The molecule has 0 unspecified atom stereocenters. The van der Waals surface area contributed by atoms with Gasteiger partial charge < -0.3 is 24.3 Å². The number of rotatable bonds is 7. The van der Waals surface area contributed by atoms with E-state index in [9.17, 15) is 14.9 Å². The van der Waals surface area contributed by atoms with Gasteiger partial charge in [-0.3, -0.25) is 0 Å². The molecule has 170 valence electrons. The topological polar surface area (TPSA) is 106 Å². The van der Waals surface area contributed by atoms with Gasteiger partial charge >= 0.3 is 11.8 Å². The van der Waals surface area contributed by atoms with Crippen molar-refractivity contribution in [2.45, 2.75) is 20.4 Å². The molecule has 33 heavy (non-hydrogen) atoms. The van der Waals surface area contributed by atoms with E-state index in [1.807, 2.05) is 37.3 Å². The van der Waals surface area contributed by atoms with Crippen molar-refractivity contribution in [3.05, 3.63) is 80.8 Å². The number of aromatic nitrogens is 2. The number of fused-ring (bicyclic) bond motifs is 1. The summed E-state index contributed by atoms with van der Waals surface area (Å²) in [5.74, 6) is 0.517. The Morgan fingerprint density at radius 1 is 1.18 bits per heavy atom. The van der Waals surface area contributed by atoms with Crippen LogP contribution in [-0.2, 0) is 11.3 Å². The third kappa shape index (κ3) is 4.87. The predicted octanol–water partition coefficient (Wildman–Crippen LogP) is 4.21. The number of benzene rings is 2. The quantitative estimate of drug-likeness (QED) is 0.302. The first-order chi connectivity index (χ1) is 15.9. The third-order valence-electron chi connectivity index (χ3n) is 5.11. The molecule has 0 atom stereocenters. The van der Waals surface area contributed by atoms with E-state index in [0.717, 1.165) is 11.1 Å². The molecule has 1 aliphatic heterocycles. The molecule has 0 amide bonds. The summed E-state index contributed by atoms with van der Waals surface area (Å²) in [6.45, 7) is 4.32. The lowest BCUT2D eigenvalue weighted by molar-refractivity contribution is -0.392. The highest BCUT2D eigenvalue weighted by Gasteiger charge is 2.25. The Balaban J connectivity index is 1.52. The Morgan fingerprint density at radius 2 is 1.97 bits per heavy atom. The number of esters is 1. The van der Waals surface area contributed by atoms with Gasteiger partial charge in [-0.2, -0.15) is 0 Å². The lowest BCUT2D eigenvalue weighted by Crippen LogP contribution is -2.19. The molecular weight excluding hydrogens is 426 g/mol. The van der Waals surface area contributed by atoms with Crippen LogP contribution in [0.5, 0.6) is 11.5 Å². The van der Waals surface area contributed by atoms with Crippen molar-refractivity contribution < 1.29 is 23.9 Å². The number of nitro groups is 1. The van der Waals surface area contributed by atoms with E-state index in [1.165, 1.54) is 4.57 Å². The van der Waals surface area contributed by atoms with E-state index in [2.05, 4.69) is 4.98 Å². The van der Waals surface area contributed by atoms with Gasteiger partial charge in [0, 0.05) is 6.08 Å². The van der Waals surface area contributed by atoms with E-state index in [4.69, 9.17) is 14.2 Å². The van der Waals surface area contributed by atoms with E-state index in [1.54, 1.807) is 31.2 Å². The highest BCUT2D eigenvalue weighted by Crippen LogP contribution is 2.34. The second-order valence-corrected chi connectivity index (χ2v) is 7.50. The molecule has 0 saturated heterocycles. The first-order valence-corrected chi connectivity index (χ1v) is 10.5. The van der Waals surface area contributed by atoms with Crippen molar-refractivity contribution in [2.24, 2.45) is 0 Å². The molecule has 2 heterocycles. The fourth-order valence-corrected chi connectivity index (χ4v) is 3.65. The Hall–Kier alpha value is -4.14. The van der Waals surface area contributed by atoms with Gasteiger partial charge in [0.25, 0.3) is 0 Å². The molecule has 0 radical (unpaired) electrons. The van der Waals surface area contributed by atoms with Crippen molar-refractivity contribution in [3.8, 4) is 11.5 Å². The number of imidazole rings is 1. The molecule has 1 aliphatic rings. The zero-order valence-corrected chi connectivity index (χ0v) is 18.3. The summed E-state index contributed by atoms with van der Waals surface area (Å²) < 4.78 is 17.9. The van der Waals surface area contributed by atoms with Crippen molar-refractivity contribution in [1.82, 2.24) is 9.55 Å². The summed E-state index contributed by atoms with van der Waals surface area (Å²) in [5.41, 5.74) is 2.60. The fourth-order valence-electron chi connectivity index (χ4n) is 3.65. The van der Waals surface area contributed by atoms with Crippen LogP contribution in [0, 0.1) is 24.0 Å². The summed E-state index contributed by atoms with van der Waals surface area (Å²) in [6, 6.07) is 12.9. The van der Waals surface area contributed by atoms with Crippen LogP contribution in [-0.4, -0.2) is 40.3 Å². The average Bonchev–Trinajstić information content (AvgIpc) is 3.12. The molecule has 2 aromatic carbocycles. The smallest absolute Gasteiger partial charge is 0.346 e. The molecule has 4 rings (SSSR count). The third-order valence-corrected chi connectivity index (χ3v) is 5.11. The highest BCUT2D eigenvalue weighted by molar-refractivity contribution is 5.93. The van der Waals surface area contributed by atoms with Crippen LogP contribution in [0.15, 0.2) is 42.5 Å². The molecule has 1 aromatic heterocycles. The Bertz CT molecular complexity index is 1230. The number of carbonyl (C=O) groups is 1. The Labute approximate surface area is 190 Å². The van der Waals surface area contributed by atoms with Crippen LogP contribution in [0.4, 0.5) is 5.82 Å². The van der Waals surface area contributed by atoms with Crippen LogP contribution in [0.2, 0.25) is 0 Å². The van der Waals surface area contributed by atoms with E-state index >= 15 is 0 Å². The maximum atomic E-state index is 12.6. The first kappa shape index (κ1) is 22.1. The molecule has 9 heteroatoms. The number of aryl methyl sites for hydroxylation is 2. The molecule has 0 bridgehead atoms. The van der Waals surface area contributed by atoms with Crippen LogP contribution < -0.4 is 9.47 Å². The zero-order chi connectivity index (χ0) is 23.4. The van der Waals surface area contributed by atoms with Gasteiger partial charge in [-0.25, -0.2) is 14.3 Å². The highest BCUT2D eigenvalue weighted by atomic mass is 16.6. The molecule has 3 aromatic rings. The summed E-state index contributed by atoms with van der Waals surface area (Å²) >= 11 is 0. The van der Waals surface area contributed by atoms with Crippen LogP contribution in [0.25, 0.3) is 12.2 Å². The maximum absolute atomic E-state index is 12.6. The number of carbonyl (C=O) groups excluding carboxylic acids is 1. The number of hydrogen-bond acceptors (Lipinski definition) is 7. The molecular formula is C24H23N3O6. The van der Waals surface area contributed by atoms with E-state index in [0.29, 0.717) is 30.5 Å². The first-order valence-electron chi connectivity index (χ1n) is 10.5. The maximum Gasteiger partial charge on any atom is 0.346 e. The standard InChI is InChI=1S/C24H23N3O6/c1-16-5-3-6-18(15-16)9-10-21-25-17(2)23(27(29)30)26(21)11-12-33-24(28)19-7-4-8-20-22(19)32-14-13-31-20/h3-10,15H,11-14H2,1-2H3/b10-9-. The Kier molecular flexibility index (Phi) is 6.39. The largest absolute Gasteiger partial charge is 0.486 e. The van der Waals surface area contributed by atoms with E-state index < -0.39 is 10.9 Å². The summed E-state index contributed by atoms with van der Waals surface area (Å²) in [5, 5.41) is 11.6. The predicted molar refractivity (Wildman–Crippen MR) is 121 cm³/mol. The summed E-state index contributed by atoms with van der Waals surface area (Å²) in [6.07, 6.45) is 3.56. The number of nitrogens with zero attached hydrogens (tertiary/aromatic N) is 3. The number of para-hydroxylation sites is 1. The monoisotopic (exact) mass is 449 g/mol. The summed E-state index contributed by atoms with van der Waals surface area (Å²) in [4.78, 5) is 28.1. The molecule has 9 nitrogen and oxygen atoms in total. The molecule has 0 saturated carbocycles. The summed E-state index contributed by atoms with van der Waals surface area (Å²) in [7, 11) is 0. The van der Waals surface area contributed by atoms with Gasteiger partial charge in [-0.1, -0.05) is 35.9 Å². The van der Waals surface area contributed by atoms with Gasteiger partial charge in [-0.05, 0) is 42.5 Å². The number of hydrogen-bond donors (Lipinski definition) is 0. The van der Waals surface area contributed by atoms with Gasteiger partial charge in [0.2, 0.25) is 5.82 Å². The fraction of sp³-hybridized carbons (Fsp3) is 0.250. The van der Waals surface area contributed by atoms with Crippen molar-refractivity contribution in [2.75, 3.05) is 19.8 Å². The van der Waals surface area contributed by atoms with Crippen molar-refractivity contribution in [3.63, 3.8) is 0 Å². The SMILES string of the molecule is Cc1cccc(/C=C\c2nc(C)c([N+](=O)[O-])n2CCOC(=O)c2cccc3c2OCCO3)c1. The minimum Gasteiger partial charge on any atom is -0.486 e. The second-order valence-electron chi connectivity index (χ2n) is 7.50. The second kappa shape index (κ2) is 9.56. The van der Waals surface area contributed by atoms with Gasteiger partial charge in [-0.15, -0.1) is 0 Å². The normalized spacial score (nSPS) is 12.7. The van der Waals surface area contributed by atoms with Gasteiger partial charge in [0.1, 0.15) is 37.6 Å². The minimum atomic E-state index is -0.589. The van der Waals surface area contributed by atoms with Crippen molar-refractivity contribution in [1.29, 1.82) is 0 Å². The average molecular weight is 449 g/mol. The molecule has 0 aliphatic carbocycles. The van der Waals surface area contributed by atoms with Crippen LogP contribution in [0.1, 0.15) is 33.0 Å². The molecule has 0 fully saturated rings. The minimum absolute atomic E-state index is 0.0722.